The zero-order valence-electron chi connectivity index (χ0n) is 12.3. The van der Waals surface area contributed by atoms with Crippen LogP contribution in [-0.4, -0.2) is 40.6 Å². The molecule has 7 heteroatoms. The molecule has 112 valence electrons. The van der Waals surface area contributed by atoms with Crippen molar-refractivity contribution >= 4 is 23.3 Å². The predicted molar refractivity (Wildman–Crippen MR) is 78.1 cm³/mol. The summed E-state index contributed by atoms with van der Waals surface area (Å²) < 4.78 is 0. The first kappa shape index (κ1) is 16.4. The highest BCUT2D eigenvalue weighted by atomic mass is 32.1. The summed E-state index contributed by atoms with van der Waals surface area (Å²) in [6.07, 6.45) is 0.948. The second kappa shape index (κ2) is 7.23. The molecule has 0 aliphatic rings. The van der Waals surface area contributed by atoms with Gasteiger partial charge in [0.2, 0.25) is 0 Å². The van der Waals surface area contributed by atoms with Crippen LogP contribution in [0.5, 0.6) is 0 Å². The number of aromatic carboxylic acids is 1. The number of carboxylic acid groups (broad SMARTS) is 1. The summed E-state index contributed by atoms with van der Waals surface area (Å²) in [4.78, 5) is 28.7. The van der Waals surface area contributed by atoms with Crippen LogP contribution in [0, 0.1) is 12.8 Å². The van der Waals surface area contributed by atoms with Crippen LogP contribution in [0.15, 0.2) is 0 Å². The third-order valence-electron chi connectivity index (χ3n) is 2.81. The molecule has 0 saturated heterocycles. The van der Waals surface area contributed by atoms with Crippen molar-refractivity contribution in [1.82, 2.24) is 15.2 Å². The van der Waals surface area contributed by atoms with E-state index in [-0.39, 0.29) is 17.5 Å². The summed E-state index contributed by atoms with van der Waals surface area (Å²) in [6, 6.07) is -0.171. The zero-order valence-corrected chi connectivity index (χ0v) is 13.1. The highest BCUT2D eigenvalue weighted by molar-refractivity contribution is 7.13. The smallest absolute Gasteiger partial charge is 0.347 e. The van der Waals surface area contributed by atoms with E-state index >= 15 is 0 Å². The second-order valence-electron chi connectivity index (χ2n) is 5.09. The van der Waals surface area contributed by atoms with E-state index in [1.165, 1.54) is 0 Å². The molecule has 0 atom stereocenters. The second-order valence-corrected chi connectivity index (χ2v) is 6.17. The molecule has 20 heavy (non-hydrogen) atoms. The molecule has 0 aliphatic carbocycles. The van der Waals surface area contributed by atoms with Crippen LogP contribution in [0.3, 0.4) is 0 Å². The lowest BCUT2D eigenvalue weighted by Gasteiger charge is -2.18. The molecule has 0 aromatic carbocycles. The van der Waals surface area contributed by atoms with Gasteiger partial charge in [0.1, 0.15) is 9.88 Å². The Hall–Kier alpha value is -1.63. The minimum absolute atomic E-state index is 0.171. The van der Waals surface area contributed by atoms with E-state index in [1.54, 1.807) is 18.9 Å². The first-order chi connectivity index (χ1) is 9.31. The molecule has 0 fully saturated rings. The highest BCUT2D eigenvalue weighted by Gasteiger charge is 2.15. The SMILES string of the molecule is Cc1nc(CNC(=O)N(C)CCC(C)C)sc1C(=O)O. The molecule has 1 heterocycles. The number of amides is 2. The number of urea groups is 1. The summed E-state index contributed by atoms with van der Waals surface area (Å²) in [5.41, 5.74) is 0.486. The number of nitrogens with zero attached hydrogens (tertiary/aromatic N) is 2. The van der Waals surface area contributed by atoms with Gasteiger partial charge >= 0.3 is 12.0 Å². The number of aromatic nitrogens is 1. The van der Waals surface area contributed by atoms with E-state index in [0.29, 0.717) is 23.2 Å². The fourth-order valence-electron chi connectivity index (χ4n) is 1.57. The zero-order chi connectivity index (χ0) is 15.3. The summed E-state index contributed by atoms with van der Waals surface area (Å²) >= 11 is 1.10. The lowest BCUT2D eigenvalue weighted by molar-refractivity contribution is 0.0701. The third kappa shape index (κ3) is 4.80. The molecule has 2 amide bonds. The highest BCUT2D eigenvalue weighted by Crippen LogP contribution is 2.17. The monoisotopic (exact) mass is 299 g/mol. The molecule has 0 spiro atoms. The van der Waals surface area contributed by atoms with Gasteiger partial charge in [0.25, 0.3) is 0 Å². The van der Waals surface area contributed by atoms with Crippen molar-refractivity contribution in [2.45, 2.75) is 33.7 Å². The fraction of sp³-hybridized carbons (Fsp3) is 0.615. The van der Waals surface area contributed by atoms with Gasteiger partial charge in [-0.2, -0.15) is 0 Å². The summed E-state index contributed by atoms with van der Waals surface area (Å²) in [5.74, 6) is -0.434. The molecule has 0 radical (unpaired) electrons. The van der Waals surface area contributed by atoms with Crippen molar-refractivity contribution in [3.8, 4) is 0 Å². The Labute approximate surface area is 122 Å². The number of carbonyl (C=O) groups is 2. The molecule has 0 saturated carbocycles. The number of nitrogens with one attached hydrogen (secondary N) is 1. The lowest BCUT2D eigenvalue weighted by Crippen LogP contribution is -2.37. The van der Waals surface area contributed by atoms with Crippen molar-refractivity contribution in [3.63, 3.8) is 0 Å². The quantitative estimate of drug-likeness (QED) is 0.844. The van der Waals surface area contributed by atoms with Crippen LogP contribution in [0.25, 0.3) is 0 Å². The Morgan fingerprint density at radius 2 is 2.10 bits per heavy atom. The Morgan fingerprint density at radius 1 is 1.45 bits per heavy atom. The average molecular weight is 299 g/mol. The maximum absolute atomic E-state index is 11.8. The Kier molecular flexibility index (Phi) is 5.94. The molecule has 1 aromatic rings. The minimum Gasteiger partial charge on any atom is -0.477 e. The first-order valence-electron chi connectivity index (χ1n) is 6.49. The van der Waals surface area contributed by atoms with Gasteiger partial charge in [0.15, 0.2) is 0 Å². The number of aryl methyl sites for hydroxylation is 1. The van der Waals surface area contributed by atoms with Crippen LogP contribution in [-0.2, 0) is 6.54 Å². The minimum atomic E-state index is -0.980. The van der Waals surface area contributed by atoms with E-state index in [9.17, 15) is 9.59 Å². The third-order valence-corrected chi connectivity index (χ3v) is 3.96. The number of hydrogen-bond donors (Lipinski definition) is 2. The number of rotatable bonds is 6. The van der Waals surface area contributed by atoms with Crippen molar-refractivity contribution in [1.29, 1.82) is 0 Å². The predicted octanol–water partition coefficient (Wildman–Crippen LogP) is 2.34. The van der Waals surface area contributed by atoms with Crippen molar-refractivity contribution in [2.24, 2.45) is 5.92 Å². The maximum Gasteiger partial charge on any atom is 0.347 e. The molecule has 0 unspecified atom stereocenters. The van der Waals surface area contributed by atoms with E-state index in [2.05, 4.69) is 24.1 Å². The molecular weight excluding hydrogens is 278 g/mol. The number of carbonyl (C=O) groups excluding carboxylic acids is 1. The molecular formula is C13H21N3O3S. The van der Waals surface area contributed by atoms with E-state index in [0.717, 1.165) is 17.8 Å². The van der Waals surface area contributed by atoms with Gasteiger partial charge in [-0.15, -0.1) is 11.3 Å². The van der Waals surface area contributed by atoms with Crippen LogP contribution < -0.4 is 5.32 Å². The molecule has 0 aliphatic heterocycles. The van der Waals surface area contributed by atoms with E-state index in [4.69, 9.17) is 5.11 Å². The number of carboxylic acids is 1. The number of hydrogen-bond acceptors (Lipinski definition) is 4. The van der Waals surface area contributed by atoms with E-state index < -0.39 is 5.97 Å². The van der Waals surface area contributed by atoms with Gasteiger partial charge in [0, 0.05) is 13.6 Å². The Balaban J connectivity index is 2.48. The molecule has 1 rings (SSSR count). The summed E-state index contributed by atoms with van der Waals surface area (Å²) in [7, 11) is 1.74. The molecule has 1 aromatic heterocycles. The van der Waals surface area contributed by atoms with Gasteiger partial charge in [-0.05, 0) is 19.3 Å². The average Bonchev–Trinajstić information content (AvgIpc) is 2.74. The standard InChI is InChI=1S/C13H21N3O3S/c1-8(2)5-6-16(4)13(19)14-7-10-15-9(3)11(20-10)12(17)18/h8H,5-7H2,1-4H3,(H,14,19)(H,17,18). The largest absolute Gasteiger partial charge is 0.477 e. The van der Waals surface area contributed by atoms with Crippen LogP contribution >= 0.6 is 11.3 Å². The Morgan fingerprint density at radius 3 is 2.60 bits per heavy atom. The van der Waals surface area contributed by atoms with Gasteiger partial charge in [-0.3, -0.25) is 0 Å². The van der Waals surface area contributed by atoms with Crippen LogP contribution in [0.2, 0.25) is 0 Å². The first-order valence-corrected chi connectivity index (χ1v) is 7.31. The topological polar surface area (TPSA) is 82.5 Å². The maximum atomic E-state index is 11.8. The molecule has 6 nitrogen and oxygen atoms in total. The van der Waals surface area contributed by atoms with Gasteiger partial charge < -0.3 is 15.3 Å². The molecule has 2 N–H and O–H groups in total. The fourth-order valence-corrected chi connectivity index (χ4v) is 2.41. The normalized spacial score (nSPS) is 10.7. The van der Waals surface area contributed by atoms with Gasteiger partial charge in [-0.1, -0.05) is 13.8 Å². The van der Waals surface area contributed by atoms with Crippen molar-refractivity contribution in [3.05, 3.63) is 15.6 Å². The molecule has 0 bridgehead atoms. The van der Waals surface area contributed by atoms with Crippen LogP contribution in [0.4, 0.5) is 4.79 Å². The van der Waals surface area contributed by atoms with Gasteiger partial charge in [0.05, 0.1) is 12.2 Å². The lowest BCUT2D eigenvalue weighted by atomic mass is 10.1. The van der Waals surface area contributed by atoms with Crippen molar-refractivity contribution in [2.75, 3.05) is 13.6 Å². The summed E-state index contributed by atoms with van der Waals surface area (Å²) in [5, 5.41) is 12.3. The van der Waals surface area contributed by atoms with Crippen molar-refractivity contribution < 1.29 is 14.7 Å². The van der Waals surface area contributed by atoms with Gasteiger partial charge in [-0.25, -0.2) is 14.6 Å². The van der Waals surface area contributed by atoms with Crippen LogP contribution in [0.1, 0.15) is 40.6 Å². The van der Waals surface area contributed by atoms with E-state index in [1.807, 2.05) is 0 Å². The summed E-state index contributed by atoms with van der Waals surface area (Å²) in [6.45, 7) is 6.82. The Bertz CT molecular complexity index is 485. The number of thiazole rings is 1.